The van der Waals surface area contributed by atoms with Crippen LogP contribution in [0.3, 0.4) is 0 Å². The standard InChI is InChI=1S/C14H17N3O3S/c1-8-10(21-7-15-8)6-17-13(19)11(9-4-2-3-5-9)12(18)16-14(17)20/h7,9,11H,2-6H2,1H3,(H,16,18,20). The van der Waals surface area contributed by atoms with E-state index in [-0.39, 0.29) is 18.4 Å². The van der Waals surface area contributed by atoms with Crippen molar-refractivity contribution < 1.29 is 14.4 Å². The quantitative estimate of drug-likeness (QED) is 0.864. The van der Waals surface area contributed by atoms with E-state index in [1.54, 1.807) is 5.51 Å². The molecule has 1 aliphatic carbocycles. The molecular formula is C14H17N3O3S. The summed E-state index contributed by atoms with van der Waals surface area (Å²) < 4.78 is 0. The maximum atomic E-state index is 12.6. The van der Waals surface area contributed by atoms with E-state index in [2.05, 4.69) is 10.3 Å². The number of aromatic nitrogens is 1. The number of thiazole rings is 1. The predicted molar refractivity (Wildman–Crippen MR) is 76.4 cm³/mol. The fourth-order valence-electron chi connectivity index (χ4n) is 3.11. The lowest BCUT2D eigenvalue weighted by Crippen LogP contribution is -2.58. The maximum Gasteiger partial charge on any atom is 0.331 e. The van der Waals surface area contributed by atoms with Crippen LogP contribution >= 0.6 is 11.3 Å². The number of nitrogens with zero attached hydrogens (tertiary/aromatic N) is 2. The number of hydrogen-bond acceptors (Lipinski definition) is 5. The van der Waals surface area contributed by atoms with Crippen LogP contribution in [0, 0.1) is 18.8 Å². The Labute approximate surface area is 126 Å². The number of carbonyl (C=O) groups is 3. The van der Waals surface area contributed by atoms with E-state index in [0.717, 1.165) is 41.2 Å². The highest BCUT2D eigenvalue weighted by molar-refractivity contribution is 7.09. The van der Waals surface area contributed by atoms with Crippen molar-refractivity contribution in [1.82, 2.24) is 15.2 Å². The van der Waals surface area contributed by atoms with Crippen molar-refractivity contribution in [2.45, 2.75) is 39.2 Å². The number of rotatable bonds is 3. The van der Waals surface area contributed by atoms with Gasteiger partial charge >= 0.3 is 6.03 Å². The number of barbiturate groups is 1. The molecule has 1 N–H and O–H groups in total. The maximum absolute atomic E-state index is 12.6. The topological polar surface area (TPSA) is 79.4 Å². The van der Waals surface area contributed by atoms with Crippen molar-refractivity contribution in [3.8, 4) is 0 Å². The summed E-state index contributed by atoms with van der Waals surface area (Å²) in [6, 6.07) is -0.618. The summed E-state index contributed by atoms with van der Waals surface area (Å²) in [5.41, 5.74) is 2.51. The van der Waals surface area contributed by atoms with Gasteiger partial charge in [0.15, 0.2) is 0 Å². The van der Waals surface area contributed by atoms with Gasteiger partial charge in [0.2, 0.25) is 11.8 Å². The van der Waals surface area contributed by atoms with Crippen LogP contribution in [0.5, 0.6) is 0 Å². The Hall–Kier alpha value is -1.76. The SMILES string of the molecule is Cc1ncsc1CN1C(=O)NC(=O)C(C2CCCC2)C1=O. The lowest BCUT2D eigenvalue weighted by molar-refractivity contribution is -0.145. The van der Waals surface area contributed by atoms with Gasteiger partial charge in [-0.25, -0.2) is 9.78 Å². The summed E-state index contributed by atoms with van der Waals surface area (Å²) in [7, 11) is 0. The van der Waals surface area contributed by atoms with Gasteiger partial charge in [0.1, 0.15) is 5.92 Å². The number of carbonyl (C=O) groups excluding carboxylic acids is 3. The minimum absolute atomic E-state index is 0.0654. The Morgan fingerprint density at radius 3 is 2.67 bits per heavy atom. The first-order chi connectivity index (χ1) is 10.1. The summed E-state index contributed by atoms with van der Waals surface area (Å²) in [6.45, 7) is 2.04. The smallest absolute Gasteiger partial charge is 0.277 e. The predicted octanol–water partition coefficient (Wildman–Crippen LogP) is 1.84. The van der Waals surface area contributed by atoms with Gasteiger partial charge < -0.3 is 0 Å². The number of aryl methyl sites for hydroxylation is 1. The third-order valence-corrected chi connectivity index (χ3v) is 5.23. The lowest BCUT2D eigenvalue weighted by atomic mass is 9.87. The minimum atomic E-state index is -0.710. The first-order valence-corrected chi connectivity index (χ1v) is 8.01. The van der Waals surface area contributed by atoms with Crippen molar-refractivity contribution in [3.05, 3.63) is 16.1 Å². The molecule has 112 valence electrons. The number of hydrogen-bond donors (Lipinski definition) is 1. The average molecular weight is 307 g/mol. The van der Waals surface area contributed by atoms with Crippen LogP contribution in [0.2, 0.25) is 0 Å². The first kappa shape index (κ1) is 14.2. The van der Waals surface area contributed by atoms with E-state index >= 15 is 0 Å². The van der Waals surface area contributed by atoms with E-state index in [1.807, 2.05) is 6.92 Å². The Morgan fingerprint density at radius 2 is 2.05 bits per heavy atom. The summed E-state index contributed by atoms with van der Waals surface area (Å²) in [5.74, 6) is -1.44. The van der Waals surface area contributed by atoms with Gasteiger partial charge in [-0.1, -0.05) is 12.8 Å². The molecule has 2 aliphatic rings. The van der Waals surface area contributed by atoms with E-state index in [9.17, 15) is 14.4 Å². The zero-order valence-corrected chi connectivity index (χ0v) is 12.6. The van der Waals surface area contributed by atoms with Gasteiger partial charge in [0, 0.05) is 4.88 Å². The Morgan fingerprint density at radius 1 is 1.33 bits per heavy atom. The van der Waals surface area contributed by atoms with Crippen molar-refractivity contribution >= 4 is 29.2 Å². The highest BCUT2D eigenvalue weighted by atomic mass is 32.1. The molecule has 0 aromatic carbocycles. The summed E-state index contributed by atoms with van der Waals surface area (Å²) >= 11 is 1.41. The van der Waals surface area contributed by atoms with Crippen LogP contribution in [0.1, 0.15) is 36.3 Å². The molecule has 1 aromatic heterocycles. The molecule has 1 aliphatic heterocycles. The Bertz CT molecular complexity index is 592. The molecule has 0 bridgehead atoms. The molecule has 7 heteroatoms. The Kier molecular flexibility index (Phi) is 3.75. The normalized spacial score (nSPS) is 23.8. The number of nitrogens with one attached hydrogen (secondary N) is 1. The number of urea groups is 1. The zero-order valence-electron chi connectivity index (χ0n) is 11.8. The molecule has 21 heavy (non-hydrogen) atoms. The van der Waals surface area contributed by atoms with E-state index in [4.69, 9.17) is 0 Å². The molecule has 1 saturated carbocycles. The molecule has 4 amide bonds. The third-order valence-electron chi connectivity index (χ3n) is 4.31. The third kappa shape index (κ3) is 2.57. The molecule has 3 rings (SSSR count). The van der Waals surface area contributed by atoms with Crippen LogP contribution < -0.4 is 5.32 Å². The summed E-state index contributed by atoms with van der Waals surface area (Å²) in [6.07, 6.45) is 3.85. The van der Waals surface area contributed by atoms with Crippen LogP contribution in [0.4, 0.5) is 4.79 Å². The molecule has 0 spiro atoms. The molecule has 2 fully saturated rings. The fourth-order valence-corrected chi connectivity index (χ4v) is 3.87. The van der Waals surface area contributed by atoms with Gasteiger partial charge in [-0.3, -0.25) is 19.8 Å². The van der Waals surface area contributed by atoms with Gasteiger partial charge in [0.25, 0.3) is 0 Å². The van der Waals surface area contributed by atoms with Crippen LogP contribution in [0.25, 0.3) is 0 Å². The monoisotopic (exact) mass is 307 g/mol. The minimum Gasteiger partial charge on any atom is -0.277 e. The second-order valence-electron chi connectivity index (χ2n) is 5.60. The second-order valence-corrected chi connectivity index (χ2v) is 6.54. The number of amides is 4. The Balaban J connectivity index is 1.82. The highest BCUT2D eigenvalue weighted by Gasteiger charge is 2.45. The van der Waals surface area contributed by atoms with Gasteiger partial charge in [-0.05, 0) is 25.7 Å². The first-order valence-electron chi connectivity index (χ1n) is 7.13. The molecule has 1 aromatic rings. The van der Waals surface area contributed by atoms with E-state index in [0.29, 0.717) is 0 Å². The molecule has 1 saturated heterocycles. The molecule has 2 heterocycles. The van der Waals surface area contributed by atoms with Crippen LogP contribution in [-0.4, -0.2) is 27.7 Å². The van der Waals surface area contributed by atoms with Crippen molar-refractivity contribution in [1.29, 1.82) is 0 Å². The van der Waals surface area contributed by atoms with Crippen LogP contribution in [-0.2, 0) is 16.1 Å². The van der Waals surface area contributed by atoms with Crippen molar-refractivity contribution in [3.63, 3.8) is 0 Å². The van der Waals surface area contributed by atoms with Gasteiger partial charge in [-0.15, -0.1) is 11.3 Å². The van der Waals surface area contributed by atoms with E-state index < -0.39 is 17.9 Å². The molecule has 1 unspecified atom stereocenters. The number of imide groups is 2. The van der Waals surface area contributed by atoms with Crippen LogP contribution in [0.15, 0.2) is 5.51 Å². The molecule has 6 nitrogen and oxygen atoms in total. The zero-order chi connectivity index (χ0) is 15.0. The second kappa shape index (κ2) is 5.55. The largest absolute Gasteiger partial charge is 0.331 e. The summed E-state index contributed by atoms with van der Waals surface area (Å²) in [5, 5.41) is 2.33. The molecule has 1 atom stereocenters. The van der Waals surface area contributed by atoms with Crippen molar-refractivity contribution in [2.24, 2.45) is 11.8 Å². The van der Waals surface area contributed by atoms with Gasteiger partial charge in [-0.2, -0.15) is 0 Å². The fraction of sp³-hybridized carbons (Fsp3) is 0.571. The molecule has 0 radical (unpaired) electrons. The average Bonchev–Trinajstić information content (AvgIpc) is 3.07. The van der Waals surface area contributed by atoms with Gasteiger partial charge in [0.05, 0.1) is 17.7 Å². The lowest BCUT2D eigenvalue weighted by Gasteiger charge is -2.32. The summed E-state index contributed by atoms with van der Waals surface area (Å²) in [4.78, 5) is 42.8. The van der Waals surface area contributed by atoms with E-state index in [1.165, 1.54) is 11.3 Å². The molecular weight excluding hydrogens is 290 g/mol. The highest BCUT2D eigenvalue weighted by Crippen LogP contribution is 2.34. The van der Waals surface area contributed by atoms with Crippen molar-refractivity contribution in [2.75, 3.05) is 0 Å².